The Morgan fingerprint density at radius 2 is 1.77 bits per heavy atom. The van der Waals surface area contributed by atoms with Crippen molar-refractivity contribution in [1.29, 1.82) is 0 Å². The SMILES string of the molecule is Cc1noc(C)c1-c1ccc2c(c1)C(c1cc(F)cc(F)c1)N(C)C2=O. The lowest BCUT2D eigenvalue weighted by atomic mass is 9.93. The Morgan fingerprint density at radius 3 is 2.38 bits per heavy atom. The molecule has 26 heavy (non-hydrogen) atoms. The minimum Gasteiger partial charge on any atom is -0.361 e. The monoisotopic (exact) mass is 354 g/mol. The number of benzene rings is 2. The van der Waals surface area contributed by atoms with Crippen LogP contribution in [0.25, 0.3) is 11.1 Å². The molecule has 1 unspecified atom stereocenters. The minimum atomic E-state index is -0.670. The molecule has 0 radical (unpaired) electrons. The molecule has 1 aliphatic heterocycles. The van der Waals surface area contributed by atoms with Crippen LogP contribution in [0.1, 0.15) is 39.0 Å². The Balaban J connectivity index is 1.90. The molecule has 0 bridgehead atoms. The molecular formula is C20H16F2N2O2. The van der Waals surface area contributed by atoms with E-state index in [1.165, 1.54) is 17.0 Å². The van der Waals surface area contributed by atoms with Crippen LogP contribution in [-0.4, -0.2) is 23.0 Å². The number of nitrogens with zero attached hydrogens (tertiary/aromatic N) is 2. The molecule has 0 fully saturated rings. The zero-order valence-corrected chi connectivity index (χ0v) is 14.5. The third-order valence-electron chi connectivity index (χ3n) is 4.81. The Labute approximate surface area is 149 Å². The summed E-state index contributed by atoms with van der Waals surface area (Å²) in [4.78, 5) is 14.1. The zero-order valence-electron chi connectivity index (χ0n) is 14.5. The van der Waals surface area contributed by atoms with Crippen LogP contribution < -0.4 is 0 Å². The summed E-state index contributed by atoms with van der Waals surface area (Å²) in [5.41, 5.74) is 4.09. The van der Waals surface area contributed by atoms with Crippen molar-refractivity contribution in [3.05, 3.63) is 76.2 Å². The Kier molecular flexibility index (Phi) is 3.64. The van der Waals surface area contributed by atoms with Gasteiger partial charge in [0.15, 0.2) is 0 Å². The number of amides is 1. The highest BCUT2D eigenvalue weighted by molar-refractivity contribution is 6.00. The van der Waals surface area contributed by atoms with Gasteiger partial charge in [-0.05, 0) is 54.8 Å². The molecule has 0 N–H and O–H groups in total. The molecule has 132 valence electrons. The van der Waals surface area contributed by atoms with E-state index in [2.05, 4.69) is 5.16 Å². The summed E-state index contributed by atoms with van der Waals surface area (Å²) < 4.78 is 32.7. The van der Waals surface area contributed by atoms with Crippen molar-refractivity contribution in [3.8, 4) is 11.1 Å². The van der Waals surface area contributed by atoms with Crippen molar-refractivity contribution in [1.82, 2.24) is 10.1 Å². The van der Waals surface area contributed by atoms with Crippen molar-refractivity contribution in [2.24, 2.45) is 0 Å². The standard InChI is InChI=1S/C20H16F2N2O2/c1-10-18(11(2)26-23-10)12-4-5-16-17(8-12)19(24(3)20(16)25)13-6-14(21)9-15(22)7-13/h4-9,19H,1-3H3. The lowest BCUT2D eigenvalue weighted by Crippen LogP contribution is -2.24. The summed E-state index contributed by atoms with van der Waals surface area (Å²) in [6, 6.07) is 8.24. The molecule has 4 rings (SSSR count). The molecule has 3 aromatic rings. The van der Waals surface area contributed by atoms with Gasteiger partial charge in [-0.3, -0.25) is 4.79 Å². The van der Waals surface area contributed by atoms with Crippen molar-refractivity contribution in [2.75, 3.05) is 7.05 Å². The minimum absolute atomic E-state index is 0.181. The first-order valence-electron chi connectivity index (χ1n) is 8.17. The van der Waals surface area contributed by atoms with Gasteiger partial charge in [-0.2, -0.15) is 0 Å². The average Bonchev–Trinajstić information content (AvgIpc) is 3.03. The van der Waals surface area contributed by atoms with Crippen LogP contribution in [0, 0.1) is 25.5 Å². The van der Waals surface area contributed by atoms with E-state index in [0.717, 1.165) is 22.9 Å². The van der Waals surface area contributed by atoms with Crippen LogP contribution >= 0.6 is 0 Å². The van der Waals surface area contributed by atoms with E-state index in [9.17, 15) is 13.6 Å². The molecule has 2 heterocycles. The molecular weight excluding hydrogens is 338 g/mol. The second kappa shape index (κ2) is 5.76. The quantitative estimate of drug-likeness (QED) is 0.685. The van der Waals surface area contributed by atoms with E-state index < -0.39 is 17.7 Å². The number of carbonyl (C=O) groups excluding carboxylic acids is 1. The first-order valence-corrected chi connectivity index (χ1v) is 8.17. The Hall–Kier alpha value is -3.02. The van der Waals surface area contributed by atoms with E-state index in [4.69, 9.17) is 4.52 Å². The van der Waals surface area contributed by atoms with Gasteiger partial charge in [-0.15, -0.1) is 0 Å². The van der Waals surface area contributed by atoms with Gasteiger partial charge in [0.2, 0.25) is 0 Å². The van der Waals surface area contributed by atoms with Gasteiger partial charge in [0, 0.05) is 24.2 Å². The molecule has 6 heteroatoms. The molecule has 0 saturated heterocycles. The number of rotatable bonds is 2. The molecule has 1 amide bonds. The number of hydrogen-bond donors (Lipinski definition) is 0. The molecule has 1 aliphatic rings. The van der Waals surface area contributed by atoms with Crippen LogP contribution in [0.15, 0.2) is 40.9 Å². The van der Waals surface area contributed by atoms with Crippen LogP contribution in [0.3, 0.4) is 0 Å². The highest BCUT2D eigenvalue weighted by Crippen LogP contribution is 2.40. The number of fused-ring (bicyclic) bond motifs is 1. The third kappa shape index (κ3) is 2.41. The molecule has 4 nitrogen and oxygen atoms in total. The summed E-state index contributed by atoms with van der Waals surface area (Å²) >= 11 is 0. The normalized spacial score (nSPS) is 16.3. The Bertz CT molecular complexity index is 1000. The van der Waals surface area contributed by atoms with Gasteiger partial charge >= 0.3 is 0 Å². The van der Waals surface area contributed by atoms with Crippen LogP contribution in [0.4, 0.5) is 8.78 Å². The smallest absolute Gasteiger partial charge is 0.254 e. The van der Waals surface area contributed by atoms with Gasteiger partial charge in [-0.1, -0.05) is 11.2 Å². The average molecular weight is 354 g/mol. The number of carbonyl (C=O) groups is 1. The fourth-order valence-corrected chi connectivity index (χ4v) is 3.69. The van der Waals surface area contributed by atoms with Gasteiger partial charge in [-0.25, -0.2) is 8.78 Å². The van der Waals surface area contributed by atoms with Gasteiger partial charge < -0.3 is 9.42 Å². The highest BCUT2D eigenvalue weighted by atomic mass is 19.1. The number of aromatic nitrogens is 1. The van der Waals surface area contributed by atoms with E-state index in [-0.39, 0.29) is 5.91 Å². The van der Waals surface area contributed by atoms with Crippen LogP contribution in [0.2, 0.25) is 0 Å². The number of hydrogen-bond acceptors (Lipinski definition) is 3. The predicted molar refractivity (Wildman–Crippen MR) is 91.7 cm³/mol. The summed E-state index contributed by atoms with van der Waals surface area (Å²) in [5, 5.41) is 3.96. The first kappa shape index (κ1) is 16.4. The maximum absolute atomic E-state index is 13.7. The molecule has 0 saturated carbocycles. The highest BCUT2D eigenvalue weighted by Gasteiger charge is 2.36. The number of aryl methyl sites for hydroxylation is 2. The topological polar surface area (TPSA) is 46.3 Å². The predicted octanol–water partition coefficient (Wildman–Crippen LogP) is 4.41. The summed E-state index contributed by atoms with van der Waals surface area (Å²) in [6.45, 7) is 3.66. The fraction of sp³-hybridized carbons (Fsp3) is 0.200. The van der Waals surface area contributed by atoms with E-state index in [1.807, 2.05) is 26.0 Å². The van der Waals surface area contributed by atoms with Crippen molar-refractivity contribution in [3.63, 3.8) is 0 Å². The second-order valence-electron chi connectivity index (χ2n) is 6.52. The first-order chi connectivity index (χ1) is 12.4. The van der Waals surface area contributed by atoms with E-state index in [0.29, 0.717) is 22.5 Å². The third-order valence-corrected chi connectivity index (χ3v) is 4.81. The van der Waals surface area contributed by atoms with Crippen molar-refractivity contribution >= 4 is 5.91 Å². The summed E-state index contributed by atoms with van der Waals surface area (Å²) in [6.07, 6.45) is 0. The van der Waals surface area contributed by atoms with Crippen LogP contribution in [-0.2, 0) is 0 Å². The fourth-order valence-electron chi connectivity index (χ4n) is 3.69. The Morgan fingerprint density at radius 1 is 1.08 bits per heavy atom. The lowest BCUT2D eigenvalue weighted by molar-refractivity contribution is 0.0793. The molecule has 0 aliphatic carbocycles. The summed E-state index contributed by atoms with van der Waals surface area (Å²) in [7, 11) is 1.63. The van der Waals surface area contributed by atoms with E-state index in [1.54, 1.807) is 13.1 Å². The maximum atomic E-state index is 13.7. The van der Waals surface area contributed by atoms with E-state index >= 15 is 0 Å². The lowest BCUT2D eigenvalue weighted by Gasteiger charge is -2.21. The summed E-state index contributed by atoms with van der Waals surface area (Å²) in [5.74, 6) is -0.846. The molecule has 1 atom stereocenters. The maximum Gasteiger partial charge on any atom is 0.254 e. The second-order valence-corrected chi connectivity index (χ2v) is 6.52. The number of halogens is 2. The van der Waals surface area contributed by atoms with Gasteiger partial charge in [0.25, 0.3) is 5.91 Å². The van der Waals surface area contributed by atoms with Gasteiger partial charge in [0.1, 0.15) is 17.4 Å². The molecule has 2 aromatic carbocycles. The van der Waals surface area contributed by atoms with Crippen molar-refractivity contribution < 1.29 is 18.1 Å². The molecule has 1 aromatic heterocycles. The molecule has 0 spiro atoms. The van der Waals surface area contributed by atoms with Crippen molar-refractivity contribution in [2.45, 2.75) is 19.9 Å². The zero-order chi connectivity index (χ0) is 18.6. The van der Waals surface area contributed by atoms with Crippen LogP contribution in [0.5, 0.6) is 0 Å². The largest absolute Gasteiger partial charge is 0.361 e. The van der Waals surface area contributed by atoms with Gasteiger partial charge in [0.05, 0.1) is 11.7 Å².